The average molecular weight is 306 g/mol. The van der Waals surface area contributed by atoms with E-state index in [-0.39, 0.29) is 0 Å². The van der Waals surface area contributed by atoms with Crippen molar-refractivity contribution in [2.24, 2.45) is 0 Å². The Hall–Kier alpha value is -2.82. The maximum atomic E-state index is 5.23. The lowest BCUT2D eigenvalue weighted by molar-refractivity contribution is 0.414. The van der Waals surface area contributed by atoms with Crippen molar-refractivity contribution in [1.82, 2.24) is 19.2 Å². The Kier molecular flexibility index (Phi) is 3.08. The second-order valence-electron chi connectivity index (χ2n) is 5.76. The van der Waals surface area contributed by atoms with E-state index in [1.165, 1.54) is 16.8 Å². The molecule has 116 valence electrons. The van der Waals surface area contributed by atoms with Crippen LogP contribution in [0.5, 0.6) is 5.75 Å². The van der Waals surface area contributed by atoms with Gasteiger partial charge >= 0.3 is 0 Å². The van der Waals surface area contributed by atoms with Crippen molar-refractivity contribution in [3.05, 3.63) is 59.5 Å². The summed E-state index contributed by atoms with van der Waals surface area (Å²) in [6.45, 7) is 4.94. The minimum Gasteiger partial charge on any atom is -0.497 e. The number of pyridine rings is 1. The van der Waals surface area contributed by atoms with E-state index in [0.717, 1.165) is 29.3 Å². The summed E-state index contributed by atoms with van der Waals surface area (Å²) >= 11 is 0. The number of aromatic nitrogens is 4. The Morgan fingerprint density at radius 3 is 2.48 bits per heavy atom. The highest BCUT2D eigenvalue weighted by molar-refractivity contribution is 5.81. The molecule has 3 heterocycles. The third-order valence-corrected chi connectivity index (χ3v) is 4.31. The number of benzene rings is 1. The van der Waals surface area contributed by atoms with Crippen LogP contribution in [-0.2, 0) is 6.54 Å². The van der Waals surface area contributed by atoms with Crippen molar-refractivity contribution in [2.45, 2.75) is 20.4 Å². The van der Waals surface area contributed by atoms with Crippen LogP contribution in [0.1, 0.15) is 17.1 Å². The van der Waals surface area contributed by atoms with Crippen molar-refractivity contribution >= 4 is 16.7 Å². The van der Waals surface area contributed by atoms with Crippen molar-refractivity contribution in [1.29, 1.82) is 0 Å². The lowest BCUT2D eigenvalue weighted by atomic mass is 10.2. The fourth-order valence-corrected chi connectivity index (χ4v) is 3.09. The number of hydrogen-bond acceptors (Lipinski definition) is 3. The van der Waals surface area contributed by atoms with Gasteiger partial charge in [-0.1, -0.05) is 12.1 Å². The van der Waals surface area contributed by atoms with Crippen LogP contribution in [0.4, 0.5) is 0 Å². The molecule has 0 spiro atoms. The molecule has 4 aromatic rings. The van der Waals surface area contributed by atoms with Crippen LogP contribution in [0.3, 0.4) is 0 Å². The molecule has 3 aromatic heterocycles. The molecule has 0 amide bonds. The first-order chi connectivity index (χ1) is 11.2. The highest BCUT2D eigenvalue weighted by Gasteiger charge is 2.12. The summed E-state index contributed by atoms with van der Waals surface area (Å²) in [5, 5.41) is 8.38. The van der Waals surface area contributed by atoms with Gasteiger partial charge in [-0.3, -0.25) is 4.40 Å². The molecule has 0 atom stereocenters. The largest absolute Gasteiger partial charge is 0.497 e. The normalized spacial score (nSPS) is 11.4. The molecular formula is C18H18N4O. The first kappa shape index (κ1) is 13.8. The van der Waals surface area contributed by atoms with E-state index in [0.29, 0.717) is 0 Å². The van der Waals surface area contributed by atoms with Crippen LogP contribution < -0.4 is 4.74 Å². The van der Waals surface area contributed by atoms with E-state index in [1.807, 2.05) is 25.1 Å². The fraction of sp³-hybridized carbons (Fsp3) is 0.222. The molecule has 0 bridgehead atoms. The topological polar surface area (TPSA) is 44.3 Å². The van der Waals surface area contributed by atoms with Gasteiger partial charge in [-0.15, -0.1) is 10.2 Å². The zero-order valence-electron chi connectivity index (χ0n) is 13.4. The fourth-order valence-electron chi connectivity index (χ4n) is 3.09. The summed E-state index contributed by atoms with van der Waals surface area (Å²) in [6, 6.07) is 14.5. The number of methoxy groups -OCH3 is 1. The molecule has 0 saturated heterocycles. The van der Waals surface area contributed by atoms with Crippen LogP contribution in [-0.4, -0.2) is 26.3 Å². The summed E-state index contributed by atoms with van der Waals surface area (Å²) in [4.78, 5) is 0. The van der Waals surface area contributed by atoms with Gasteiger partial charge < -0.3 is 9.30 Å². The monoisotopic (exact) mass is 306 g/mol. The number of fused-ring (bicyclic) bond motifs is 3. The Bertz CT molecular complexity index is 995. The summed E-state index contributed by atoms with van der Waals surface area (Å²) in [5.74, 6) is 1.79. The van der Waals surface area contributed by atoms with E-state index in [2.05, 4.69) is 50.4 Å². The Morgan fingerprint density at radius 2 is 1.74 bits per heavy atom. The highest BCUT2D eigenvalue weighted by Crippen LogP contribution is 2.23. The maximum Gasteiger partial charge on any atom is 0.161 e. The van der Waals surface area contributed by atoms with Gasteiger partial charge in [0, 0.05) is 12.2 Å². The standard InChI is InChI=1S/C18H18N4O/c1-12-10-17-16(8-9-18-20-19-13(2)22(17)18)21(12)11-14-4-6-15(23-3)7-5-14/h4-10H,11H2,1-3H3. The van der Waals surface area contributed by atoms with Gasteiger partial charge in [0.15, 0.2) is 5.65 Å². The first-order valence-electron chi connectivity index (χ1n) is 7.61. The van der Waals surface area contributed by atoms with Gasteiger partial charge in [0.1, 0.15) is 11.6 Å². The van der Waals surface area contributed by atoms with Gasteiger partial charge in [0.25, 0.3) is 0 Å². The molecule has 0 unspecified atom stereocenters. The summed E-state index contributed by atoms with van der Waals surface area (Å²) < 4.78 is 9.65. The molecule has 0 saturated carbocycles. The van der Waals surface area contributed by atoms with Gasteiger partial charge in [0.05, 0.1) is 18.1 Å². The van der Waals surface area contributed by atoms with Crippen LogP contribution in [0.25, 0.3) is 16.7 Å². The maximum absolute atomic E-state index is 5.23. The molecule has 0 aliphatic rings. The molecule has 4 rings (SSSR count). The minimum atomic E-state index is 0.825. The van der Waals surface area contributed by atoms with E-state index >= 15 is 0 Å². The molecule has 0 N–H and O–H groups in total. The first-order valence-corrected chi connectivity index (χ1v) is 7.61. The smallest absolute Gasteiger partial charge is 0.161 e. The van der Waals surface area contributed by atoms with Crippen LogP contribution in [0, 0.1) is 13.8 Å². The summed E-state index contributed by atoms with van der Waals surface area (Å²) in [7, 11) is 1.69. The molecule has 0 fully saturated rings. The predicted molar refractivity (Wildman–Crippen MR) is 90.1 cm³/mol. The third kappa shape index (κ3) is 2.16. The lowest BCUT2D eigenvalue weighted by Crippen LogP contribution is -2.02. The molecular weight excluding hydrogens is 288 g/mol. The van der Waals surface area contributed by atoms with E-state index < -0.39 is 0 Å². The Morgan fingerprint density at radius 1 is 0.957 bits per heavy atom. The molecule has 0 aliphatic heterocycles. The molecule has 0 aliphatic carbocycles. The zero-order valence-corrected chi connectivity index (χ0v) is 13.4. The van der Waals surface area contributed by atoms with Gasteiger partial charge in [0.2, 0.25) is 0 Å². The molecule has 0 radical (unpaired) electrons. The van der Waals surface area contributed by atoms with Crippen molar-refractivity contribution in [2.75, 3.05) is 7.11 Å². The van der Waals surface area contributed by atoms with Gasteiger partial charge in [-0.2, -0.15) is 0 Å². The average Bonchev–Trinajstić information content (AvgIpc) is 3.09. The Labute approximate surface area is 134 Å². The van der Waals surface area contributed by atoms with Crippen LogP contribution in [0.15, 0.2) is 42.5 Å². The number of rotatable bonds is 3. The third-order valence-electron chi connectivity index (χ3n) is 4.31. The van der Waals surface area contributed by atoms with Crippen molar-refractivity contribution in [3.63, 3.8) is 0 Å². The number of hydrogen-bond donors (Lipinski definition) is 0. The van der Waals surface area contributed by atoms with Gasteiger partial charge in [-0.25, -0.2) is 0 Å². The van der Waals surface area contributed by atoms with Crippen molar-refractivity contribution in [3.8, 4) is 5.75 Å². The minimum absolute atomic E-state index is 0.825. The van der Waals surface area contributed by atoms with Crippen LogP contribution in [0.2, 0.25) is 0 Å². The van der Waals surface area contributed by atoms with E-state index in [4.69, 9.17) is 4.74 Å². The number of ether oxygens (including phenoxy) is 1. The summed E-state index contributed by atoms with van der Waals surface area (Å²) in [6.07, 6.45) is 0. The number of nitrogens with zero attached hydrogens (tertiary/aromatic N) is 4. The second kappa shape index (κ2) is 5.12. The predicted octanol–water partition coefficient (Wildman–Crippen LogP) is 3.36. The number of aryl methyl sites for hydroxylation is 2. The molecule has 23 heavy (non-hydrogen) atoms. The van der Waals surface area contributed by atoms with E-state index in [9.17, 15) is 0 Å². The summed E-state index contributed by atoms with van der Waals surface area (Å²) in [5.41, 5.74) is 5.68. The molecule has 5 nitrogen and oxygen atoms in total. The zero-order chi connectivity index (χ0) is 16.0. The SMILES string of the molecule is COc1ccc(Cn2c(C)cc3c2ccc2nnc(C)n23)cc1. The van der Waals surface area contributed by atoms with Crippen LogP contribution >= 0.6 is 0 Å². The van der Waals surface area contributed by atoms with Crippen molar-refractivity contribution < 1.29 is 4.74 Å². The second-order valence-corrected chi connectivity index (χ2v) is 5.76. The quantitative estimate of drug-likeness (QED) is 0.583. The lowest BCUT2D eigenvalue weighted by Gasteiger charge is -2.09. The molecule has 1 aromatic carbocycles. The molecule has 5 heteroatoms. The highest BCUT2D eigenvalue weighted by atomic mass is 16.5. The van der Waals surface area contributed by atoms with Gasteiger partial charge in [-0.05, 0) is 49.7 Å². The Balaban J connectivity index is 1.84. The van der Waals surface area contributed by atoms with E-state index in [1.54, 1.807) is 7.11 Å².